The summed E-state index contributed by atoms with van der Waals surface area (Å²) in [5.41, 5.74) is 1.55. The number of hydrogen-bond acceptors (Lipinski definition) is 5. The summed E-state index contributed by atoms with van der Waals surface area (Å²) in [5.74, 6) is -0.870. The first-order chi connectivity index (χ1) is 11.4. The Bertz CT molecular complexity index is 998. The summed E-state index contributed by atoms with van der Waals surface area (Å²) in [4.78, 5) is 28.5. The van der Waals surface area contributed by atoms with Crippen molar-refractivity contribution in [2.45, 2.75) is 13.5 Å². The molecule has 2 heterocycles. The molecule has 0 bridgehead atoms. The number of benzene rings is 1. The number of carbonyl (C=O) groups excluding carboxylic acids is 1. The van der Waals surface area contributed by atoms with E-state index in [0.29, 0.717) is 15.8 Å². The zero-order chi connectivity index (χ0) is 17.3. The van der Waals surface area contributed by atoms with E-state index >= 15 is 0 Å². The van der Waals surface area contributed by atoms with Crippen molar-refractivity contribution in [3.63, 3.8) is 0 Å². The van der Waals surface area contributed by atoms with Crippen LogP contribution in [0, 0.1) is 6.92 Å². The van der Waals surface area contributed by atoms with E-state index in [1.165, 1.54) is 22.6 Å². The van der Waals surface area contributed by atoms with E-state index < -0.39 is 5.97 Å². The van der Waals surface area contributed by atoms with Gasteiger partial charge in [-0.25, -0.2) is 9.78 Å². The van der Waals surface area contributed by atoms with Crippen LogP contribution in [0.5, 0.6) is 5.75 Å². The Hall–Kier alpha value is -2.67. The maximum atomic E-state index is 12.1. The Balaban J connectivity index is 1.83. The van der Waals surface area contributed by atoms with E-state index in [-0.39, 0.29) is 23.5 Å². The predicted octanol–water partition coefficient (Wildman–Crippen LogP) is 2.83. The highest BCUT2D eigenvalue weighted by Crippen LogP contribution is 2.22. The fraction of sp³-hybridized carbons (Fsp3) is 0.118. The molecule has 0 radical (unpaired) electrons. The highest BCUT2D eigenvalue weighted by atomic mass is 79.9. The van der Waals surface area contributed by atoms with Crippen LogP contribution < -0.4 is 5.56 Å². The molecule has 6 nitrogen and oxygen atoms in total. The molecule has 0 saturated carbocycles. The number of hydrogen-bond donors (Lipinski definition) is 1. The summed E-state index contributed by atoms with van der Waals surface area (Å²) in [7, 11) is 0. The van der Waals surface area contributed by atoms with Gasteiger partial charge in [-0.1, -0.05) is 22.0 Å². The number of fused-ring (bicyclic) bond motifs is 1. The van der Waals surface area contributed by atoms with Crippen LogP contribution in [0.2, 0.25) is 0 Å². The van der Waals surface area contributed by atoms with Crippen LogP contribution in [0.1, 0.15) is 21.6 Å². The summed E-state index contributed by atoms with van der Waals surface area (Å²) in [6, 6.07) is 9.35. The van der Waals surface area contributed by atoms with Gasteiger partial charge in [0.2, 0.25) is 0 Å². The number of aryl methyl sites for hydroxylation is 1. The number of nitrogens with zero attached hydrogens (tertiary/aromatic N) is 2. The molecule has 0 aliphatic carbocycles. The first-order valence-corrected chi connectivity index (χ1v) is 7.88. The smallest absolute Gasteiger partial charge is 0.342 e. The fourth-order valence-electron chi connectivity index (χ4n) is 2.22. The minimum Gasteiger partial charge on any atom is -0.507 e. The van der Waals surface area contributed by atoms with Crippen molar-refractivity contribution >= 4 is 27.5 Å². The molecule has 0 saturated heterocycles. The van der Waals surface area contributed by atoms with Gasteiger partial charge in [0, 0.05) is 16.7 Å². The van der Waals surface area contributed by atoms with E-state index in [9.17, 15) is 14.7 Å². The third kappa shape index (κ3) is 3.30. The van der Waals surface area contributed by atoms with Crippen molar-refractivity contribution in [3.8, 4) is 5.75 Å². The average molecular weight is 389 g/mol. The summed E-state index contributed by atoms with van der Waals surface area (Å²) in [6.45, 7) is 1.72. The van der Waals surface area contributed by atoms with Crippen molar-refractivity contribution in [2.75, 3.05) is 0 Å². The SMILES string of the molecule is Cc1ccc2nc(COC(=O)c3cc(Br)ccc3O)cc(=O)n2c1. The molecule has 0 unspecified atom stereocenters. The number of ether oxygens (including phenoxy) is 1. The van der Waals surface area contributed by atoms with Crippen LogP contribution in [-0.2, 0) is 11.3 Å². The van der Waals surface area contributed by atoms with Gasteiger partial charge in [-0.2, -0.15) is 0 Å². The number of phenols is 1. The number of aromatic hydroxyl groups is 1. The van der Waals surface area contributed by atoms with Crippen LogP contribution in [0.4, 0.5) is 0 Å². The van der Waals surface area contributed by atoms with Gasteiger partial charge in [-0.3, -0.25) is 9.20 Å². The molecular weight excluding hydrogens is 376 g/mol. The van der Waals surface area contributed by atoms with E-state index in [4.69, 9.17) is 4.74 Å². The minimum absolute atomic E-state index is 0.0394. The Kier molecular flexibility index (Phi) is 4.35. The minimum atomic E-state index is -0.695. The largest absolute Gasteiger partial charge is 0.507 e. The van der Waals surface area contributed by atoms with Crippen LogP contribution in [0.25, 0.3) is 5.65 Å². The number of rotatable bonds is 3. The molecule has 0 aliphatic rings. The van der Waals surface area contributed by atoms with Crippen molar-refractivity contribution in [1.82, 2.24) is 9.38 Å². The molecule has 0 fully saturated rings. The summed E-state index contributed by atoms with van der Waals surface area (Å²) >= 11 is 3.23. The molecule has 0 atom stereocenters. The zero-order valence-corrected chi connectivity index (χ0v) is 14.3. The molecule has 7 heteroatoms. The summed E-state index contributed by atoms with van der Waals surface area (Å²) in [6.07, 6.45) is 1.69. The summed E-state index contributed by atoms with van der Waals surface area (Å²) in [5, 5.41) is 9.72. The monoisotopic (exact) mass is 388 g/mol. The number of esters is 1. The number of aromatic nitrogens is 2. The van der Waals surface area contributed by atoms with E-state index in [0.717, 1.165) is 5.56 Å². The van der Waals surface area contributed by atoms with Crippen molar-refractivity contribution < 1.29 is 14.6 Å². The molecule has 0 aliphatic heterocycles. The number of pyridine rings is 1. The van der Waals surface area contributed by atoms with Crippen molar-refractivity contribution in [1.29, 1.82) is 0 Å². The van der Waals surface area contributed by atoms with Gasteiger partial charge in [0.1, 0.15) is 23.6 Å². The van der Waals surface area contributed by atoms with Crippen molar-refractivity contribution in [3.05, 3.63) is 74.2 Å². The van der Waals surface area contributed by atoms with Crippen molar-refractivity contribution in [2.24, 2.45) is 0 Å². The first-order valence-electron chi connectivity index (χ1n) is 7.08. The molecule has 24 heavy (non-hydrogen) atoms. The van der Waals surface area contributed by atoms with E-state index in [1.54, 1.807) is 18.3 Å². The Morgan fingerprint density at radius 2 is 2.08 bits per heavy atom. The van der Waals surface area contributed by atoms with Crippen LogP contribution >= 0.6 is 15.9 Å². The molecule has 1 N–H and O–H groups in total. The molecule has 2 aromatic heterocycles. The number of halogens is 1. The topological polar surface area (TPSA) is 80.9 Å². The second kappa shape index (κ2) is 6.45. The number of carbonyl (C=O) groups is 1. The second-order valence-electron chi connectivity index (χ2n) is 5.26. The Morgan fingerprint density at radius 1 is 1.29 bits per heavy atom. The van der Waals surface area contributed by atoms with Gasteiger partial charge in [-0.05, 0) is 36.8 Å². The highest BCUT2D eigenvalue weighted by molar-refractivity contribution is 9.10. The molecule has 3 rings (SSSR count). The first kappa shape index (κ1) is 16.2. The molecule has 1 aromatic carbocycles. The lowest BCUT2D eigenvalue weighted by atomic mass is 10.2. The third-order valence-electron chi connectivity index (χ3n) is 3.39. The van der Waals surface area contributed by atoms with Gasteiger partial charge < -0.3 is 9.84 Å². The Morgan fingerprint density at radius 3 is 2.88 bits per heavy atom. The standard InChI is InChI=1S/C17H13BrN2O4/c1-10-2-5-15-19-12(7-16(22)20(15)8-10)9-24-17(23)13-6-11(18)3-4-14(13)21/h2-8,21H,9H2,1H3. The maximum Gasteiger partial charge on any atom is 0.342 e. The van der Waals surface area contributed by atoms with Gasteiger partial charge >= 0.3 is 5.97 Å². The maximum absolute atomic E-state index is 12.1. The zero-order valence-electron chi connectivity index (χ0n) is 12.7. The normalized spacial score (nSPS) is 10.8. The molecule has 0 amide bonds. The van der Waals surface area contributed by atoms with E-state index in [1.807, 2.05) is 13.0 Å². The predicted molar refractivity (Wildman–Crippen MR) is 91.1 cm³/mol. The molecular formula is C17H13BrN2O4. The van der Waals surface area contributed by atoms with E-state index in [2.05, 4.69) is 20.9 Å². The lowest BCUT2D eigenvalue weighted by Gasteiger charge is -2.08. The second-order valence-corrected chi connectivity index (χ2v) is 6.17. The van der Waals surface area contributed by atoms with Crippen LogP contribution in [-0.4, -0.2) is 20.5 Å². The van der Waals surface area contributed by atoms with Crippen LogP contribution in [0.3, 0.4) is 0 Å². The Labute approximate surface area is 145 Å². The average Bonchev–Trinajstić information content (AvgIpc) is 2.55. The van der Waals surface area contributed by atoms with Gasteiger partial charge in [-0.15, -0.1) is 0 Å². The van der Waals surface area contributed by atoms with Gasteiger partial charge in [0.15, 0.2) is 0 Å². The molecule has 122 valence electrons. The van der Waals surface area contributed by atoms with Crippen LogP contribution in [0.15, 0.2) is 51.9 Å². The lowest BCUT2D eigenvalue weighted by Crippen LogP contribution is -2.17. The number of phenolic OH excluding ortho intramolecular Hbond substituents is 1. The highest BCUT2D eigenvalue weighted by Gasteiger charge is 2.14. The summed E-state index contributed by atoms with van der Waals surface area (Å²) < 4.78 is 7.22. The quantitative estimate of drug-likeness (QED) is 0.697. The fourth-order valence-corrected chi connectivity index (χ4v) is 2.58. The third-order valence-corrected chi connectivity index (χ3v) is 3.88. The molecule has 0 spiro atoms. The van der Waals surface area contributed by atoms with Gasteiger partial charge in [0.05, 0.1) is 5.69 Å². The lowest BCUT2D eigenvalue weighted by molar-refractivity contribution is 0.0464. The van der Waals surface area contributed by atoms with Gasteiger partial charge in [0.25, 0.3) is 5.56 Å². The molecule has 3 aromatic rings.